The van der Waals surface area contributed by atoms with Crippen LogP contribution in [0.3, 0.4) is 0 Å². The highest BCUT2D eigenvalue weighted by atomic mass is 14.6. The van der Waals surface area contributed by atoms with E-state index in [1.54, 1.807) is 0 Å². The van der Waals surface area contributed by atoms with Crippen LogP contribution < -0.4 is 5.73 Å². The molecular formula is C21H40N+. The Bertz CT molecular complexity index is 302. The van der Waals surface area contributed by atoms with Crippen LogP contribution >= 0.6 is 0 Å². The molecule has 0 bridgehead atoms. The smallest absolute Gasteiger partial charge is 0.0786 e. The van der Waals surface area contributed by atoms with Gasteiger partial charge in [-0.15, -0.1) is 0 Å². The van der Waals surface area contributed by atoms with Crippen molar-refractivity contribution in [1.29, 1.82) is 0 Å². The third kappa shape index (κ3) is 17.2. The van der Waals surface area contributed by atoms with Crippen molar-refractivity contribution in [3.63, 3.8) is 0 Å². The SMILES string of the molecule is CC(C)[NH3+].CCCCCCCCCCCCc1ccccc1. The van der Waals surface area contributed by atoms with Gasteiger partial charge < -0.3 is 5.73 Å². The number of quaternary nitrogens is 1. The fourth-order valence-corrected chi connectivity index (χ4v) is 2.46. The molecule has 1 heteroatoms. The van der Waals surface area contributed by atoms with E-state index in [9.17, 15) is 0 Å². The lowest BCUT2D eigenvalue weighted by Gasteiger charge is -2.03. The Morgan fingerprint density at radius 1 is 0.727 bits per heavy atom. The van der Waals surface area contributed by atoms with Gasteiger partial charge in [-0.05, 0) is 32.3 Å². The number of hydrogen-bond acceptors (Lipinski definition) is 0. The largest absolute Gasteiger partial charge is 0.356 e. The summed E-state index contributed by atoms with van der Waals surface area (Å²) in [6.45, 7) is 6.40. The third-order valence-electron chi connectivity index (χ3n) is 3.66. The van der Waals surface area contributed by atoms with Gasteiger partial charge in [0, 0.05) is 0 Å². The van der Waals surface area contributed by atoms with E-state index in [-0.39, 0.29) is 0 Å². The molecule has 1 aromatic rings. The predicted molar refractivity (Wildman–Crippen MR) is 100 cm³/mol. The van der Waals surface area contributed by atoms with E-state index < -0.39 is 0 Å². The van der Waals surface area contributed by atoms with Crippen molar-refractivity contribution in [3.8, 4) is 0 Å². The molecule has 0 atom stereocenters. The molecule has 0 aliphatic rings. The number of benzene rings is 1. The van der Waals surface area contributed by atoms with Crippen LogP contribution in [0.15, 0.2) is 30.3 Å². The van der Waals surface area contributed by atoms with Gasteiger partial charge >= 0.3 is 0 Å². The van der Waals surface area contributed by atoms with Crippen LogP contribution in [0.2, 0.25) is 0 Å². The van der Waals surface area contributed by atoms with Crippen LogP contribution in [-0.4, -0.2) is 6.04 Å². The van der Waals surface area contributed by atoms with E-state index in [1.165, 1.54) is 76.2 Å². The number of rotatable bonds is 11. The van der Waals surface area contributed by atoms with Gasteiger partial charge in [-0.3, -0.25) is 0 Å². The molecule has 0 aliphatic heterocycles. The Morgan fingerprint density at radius 3 is 1.59 bits per heavy atom. The average molecular weight is 307 g/mol. The molecule has 0 fully saturated rings. The summed E-state index contributed by atoms with van der Waals surface area (Å²) in [7, 11) is 0. The highest BCUT2D eigenvalue weighted by molar-refractivity contribution is 5.14. The fraction of sp³-hybridized carbons (Fsp3) is 0.714. The van der Waals surface area contributed by atoms with Gasteiger partial charge in [0.05, 0.1) is 6.04 Å². The molecule has 0 heterocycles. The Kier molecular flexibility index (Phi) is 15.9. The molecule has 0 spiro atoms. The number of unbranched alkanes of at least 4 members (excludes halogenated alkanes) is 9. The number of hydrogen-bond donors (Lipinski definition) is 1. The maximum atomic E-state index is 3.64. The maximum absolute atomic E-state index is 3.64. The second-order valence-electron chi connectivity index (χ2n) is 6.81. The molecule has 0 aliphatic carbocycles. The topological polar surface area (TPSA) is 27.6 Å². The molecule has 22 heavy (non-hydrogen) atoms. The molecule has 0 amide bonds. The molecule has 1 aromatic carbocycles. The number of aryl methyl sites for hydroxylation is 1. The predicted octanol–water partition coefficient (Wildman–Crippen LogP) is 5.79. The van der Waals surface area contributed by atoms with E-state index in [0.717, 1.165) is 0 Å². The lowest BCUT2D eigenvalue weighted by molar-refractivity contribution is -0.407. The van der Waals surface area contributed by atoms with E-state index in [1.807, 2.05) is 0 Å². The molecule has 3 N–H and O–H groups in total. The molecule has 0 radical (unpaired) electrons. The lowest BCUT2D eigenvalue weighted by Crippen LogP contribution is -2.57. The maximum Gasteiger partial charge on any atom is 0.0786 e. The minimum absolute atomic E-state index is 0.583. The van der Waals surface area contributed by atoms with Gasteiger partial charge in [0.15, 0.2) is 0 Å². The summed E-state index contributed by atoms with van der Waals surface area (Å²) in [4.78, 5) is 0. The minimum atomic E-state index is 0.583. The summed E-state index contributed by atoms with van der Waals surface area (Å²) in [5.74, 6) is 0. The van der Waals surface area contributed by atoms with Crippen molar-refractivity contribution >= 4 is 0 Å². The molecule has 128 valence electrons. The Hall–Kier alpha value is -0.820. The molecule has 0 aromatic heterocycles. The molecule has 0 saturated heterocycles. The third-order valence-corrected chi connectivity index (χ3v) is 3.66. The van der Waals surface area contributed by atoms with Gasteiger partial charge in [0.25, 0.3) is 0 Å². The second kappa shape index (κ2) is 16.5. The summed E-state index contributed by atoms with van der Waals surface area (Å²) in [6, 6.07) is 11.5. The highest BCUT2D eigenvalue weighted by Gasteiger charge is 1.94. The van der Waals surface area contributed by atoms with Crippen molar-refractivity contribution in [3.05, 3.63) is 35.9 Å². The van der Waals surface area contributed by atoms with Gasteiger partial charge in [0.2, 0.25) is 0 Å². The summed E-state index contributed by atoms with van der Waals surface area (Å²) in [5.41, 5.74) is 5.14. The van der Waals surface area contributed by atoms with Crippen molar-refractivity contribution < 1.29 is 5.73 Å². The Balaban J connectivity index is 0.000000980. The lowest BCUT2D eigenvalue weighted by atomic mass is 10.0. The summed E-state index contributed by atoms with van der Waals surface area (Å²) in [5, 5.41) is 0. The zero-order valence-corrected chi connectivity index (χ0v) is 15.4. The zero-order chi connectivity index (χ0) is 16.5. The molecule has 1 rings (SSSR count). The van der Waals surface area contributed by atoms with Crippen molar-refractivity contribution in [2.75, 3.05) is 0 Å². The Morgan fingerprint density at radius 2 is 1.14 bits per heavy atom. The van der Waals surface area contributed by atoms with Gasteiger partial charge in [-0.2, -0.15) is 0 Å². The summed E-state index contributed by atoms with van der Waals surface area (Å²) >= 11 is 0. The average Bonchev–Trinajstić information content (AvgIpc) is 2.50. The van der Waals surface area contributed by atoms with Crippen LogP contribution in [0.4, 0.5) is 0 Å². The molecule has 0 saturated carbocycles. The summed E-state index contributed by atoms with van der Waals surface area (Å²) < 4.78 is 0. The summed E-state index contributed by atoms with van der Waals surface area (Å²) in [6.07, 6.45) is 15.5. The van der Waals surface area contributed by atoms with Crippen molar-refractivity contribution in [2.45, 2.75) is 97.4 Å². The first-order chi connectivity index (χ1) is 10.7. The van der Waals surface area contributed by atoms with E-state index in [0.29, 0.717) is 6.04 Å². The van der Waals surface area contributed by atoms with E-state index in [4.69, 9.17) is 0 Å². The van der Waals surface area contributed by atoms with Crippen LogP contribution in [0.25, 0.3) is 0 Å². The highest BCUT2D eigenvalue weighted by Crippen LogP contribution is 2.12. The first kappa shape index (κ1) is 21.2. The fourth-order valence-electron chi connectivity index (χ4n) is 2.46. The van der Waals surface area contributed by atoms with E-state index in [2.05, 4.69) is 56.8 Å². The van der Waals surface area contributed by atoms with Crippen LogP contribution in [0.5, 0.6) is 0 Å². The van der Waals surface area contributed by atoms with Crippen LogP contribution in [0, 0.1) is 0 Å². The van der Waals surface area contributed by atoms with Gasteiger partial charge in [-0.1, -0.05) is 95.0 Å². The second-order valence-corrected chi connectivity index (χ2v) is 6.81. The molecule has 1 nitrogen and oxygen atoms in total. The zero-order valence-electron chi connectivity index (χ0n) is 15.4. The van der Waals surface area contributed by atoms with E-state index >= 15 is 0 Å². The van der Waals surface area contributed by atoms with Gasteiger partial charge in [0.1, 0.15) is 0 Å². The van der Waals surface area contributed by atoms with Crippen molar-refractivity contribution in [1.82, 2.24) is 0 Å². The normalized spacial score (nSPS) is 10.4. The van der Waals surface area contributed by atoms with Crippen LogP contribution in [0.1, 0.15) is 90.5 Å². The molecular weight excluding hydrogens is 266 g/mol. The van der Waals surface area contributed by atoms with Crippen LogP contribution in [-0.2, 0) is 6.42 Å². The quantitative estimate of drug-likeness (QED) is 0.501. The monoisotopic (exact) mass is 306 g/mol. The first-order valence-corrected chi connectivity index (χ1v) is 9.53. The first-order valence-electron chi connectivity index (χ1n) is 9.53. The minimum Gasteiger partial charge on any atom is -0.356 e. The standard InChI is InChI=1S/C18H30.C3H9N/c1-2-3-4-5-6-7-8-9-10-12-15-18-16-13-11-14-17-18;1-3(2)4/h11,13-14,16-17H,2-10,12,15H2,1H3;3H,4H2,1-2H3/p+1. The van der Waals surface area contributed by atoms with Crippen molar-refractivity contribution in [2.24, 2.45) is 0 Å². The molecule has 0 unspecified atom stereocenters. The van der Waals surface area contributed by atoms with Gasteiger partial charge in [-0.25, -0.2) is 0 Å². The Labute approximate surface area is 139 Å².